The van der Waals surface area contributed by atoms with Crippen molar-refractivity contribution in [3.05, 3.63) is 76.0 Å². The Morgan fingerprint density at radius 2 is 1.88 bits per heavy atom. The van der Waals surface area contributed by atoms with Crippen molar-refractivity contribution in [1.82, 2.24) is 9.80 Å². The quantitative estimate of drug-likeness (QED) is 0.229. The maximum Gasteiger partial charge on any atom is 0.189 e. The van der Waals surface area contributed by atoms with Crippen LogP contribution in [0.25, 0.3) is 0 Å². The van der Waals surface area contributed by atoms with E-state index in [1.807, 2.05) is 58.6 Å². The first-order valence-corrected chi connectivity index (χ1v) is 11.6. The highest BCUT2D eigenvalue weighted by Crippen LogP contribution is 2.30. The summed E-state index contributed by atoms with van der Waals surface area (Å²) < 4.78 is 12.5. The molecule has 1 aliphatic heterocycles. The van der Waals surface area contributed by atoms with Gasteiger partial charge < -0.3 is 19.3 Å². The molecule has 0 spiro atoms. The molecule has 8 heteroatoms. The number of rotatable bonds is 10. The highest BCUT2D eigenvalue weighted by atomic mass is 79.9. The lowest BCUT2D eigenvalue weighted by Crippen LogP contribution is -2.37. The molecule has 0 aromatic heterocycles. The number of nitrogens with zero attached hydrogens (tertiary/aromatic N) is 2. The van der Waals surface area contributed by atoms with E-state index in [4.69, 9.17) is 32.7 Å². The molecule has 1 aliphatic rings. The number of alkyl halides is 1. The Hall–Kier alpha value is -2.17. The van der Waals surface area contributed by atoms with Crippen LogP contribution in [0, 0.1) is 11.8 Å². The van der Waals surface area contributed by atoms with Crippen molar-refractivity contribution >= 4 is 44.9 Å². The molecule has 3 rings (SSSR count). The predicted octanol–water partition coefficient (Wildman–Crippen LogP) is 5.44. The number of ether oxygens (including phenoxy) is 2. The van der Waals surface area contributed by atoms with Gasteiger partial charge in [-0.15, -0.1) is 5.92 Å². The average Bonchev–Trinajstić information content (AvgIpc) is 3.25. The Morgan fingerprint density at radius 3 is 2.56 bits per heavy atom. The number of carbonyl (C=O) groups is 1. The normalized spacial score (nSPS) is 14.6. The van der Waals surface area contributed by atoms with Crippen LogP contribution < -0.4 is 4.74 Å². The van der Waals surface area contributed by atoms with E-state index in [-0.39, 0.29) is 25.5 Å². The minimum Gasteiger partial charge on any atom is -0.486 e. The molecule has 2 atom stereocenters. The Bertz CT molecular complexity index is 987. The second-order valence-electron chi connectivity index (χ2n) is 7.06. The summed E-state index contributed by atoms with van der Waals surface area (Å²) in [5.74, 6) is 6.35. The van der Waals surface area contributed by atoms with Crippen molar-refractivity contribution in [3.8, 4) is 17.6 Å². The van der Waals surface area contributed by atoms with Crippen molar-refractivity contribution in [3.63, 3.8) is 0 Å². The van der Waals surface area contributed by atoms with Crippen molar-refractivity contribution < 1.29 is 14.3 Å². The van der Waals surface area contributed by atoms with E-state index in [9.17, 15) is 4.79 Å². The zero-order chi connectivity index (χ0) is 22.9. The summed E-state index contributed by atoms with van der Waals surface area (Å²) in [6, 6.07) is 14.8. The second-order valence-corrected chi connectivity index (χ2v) is 8.86. The van der Waals surface area contributed by atoms with E-state index in [1.54, 1.807) is 19.1 Å². The first kappa shape index (κ1) is 24.5. The zero-order valence-corrected chi connectivity index (χ0v) is 20.6. The van der Waals surface area contributed by atoms with Gasteiger partial charge in [-0.3, -0.25) is 4.79 Å². The number of Topliss-reactive ketones (excluding diaryl/α,β-unsaturated/α-hetero) is 1. The molecule has 1 heterocycles. The van der Waals surface area contributed by atoms with Crippen molar-refractivity contribution in [2.24, 2.45) is 0 Å². The van der Waals surface area contributed by atoms with E-state index in [2.05, 4.69) is 27.8 Å². The SMILES string of the molecule is CC#CCOC(c1ccc(Cl)cc1)C(Cl)N1C=CN(CC(=O)COc2ccc(Br)cc2)C1. The molecule has 0 saturated carbocycles. The fourth-order valence-electron chi connectivity index (χ4n) is 3.08. The summed E-state index contributed by atoms with van der Waals surface area (Å²) >= 11 is 16.2. The van der Waals surface area contributed by atoms with E-state index < -0.39 is 11.6 Å². The Labute approximate surface area is 207 Å². The van der Waals surface area contributed by atoms with Gasteiger partial charge in [-0.2, -0.15) is 0 Å². The van der Waals surface area contributed by atoms with Gasteiger partial charge in [-0.05, 0) is 48.9 Å². The predicted molar refractivity (Wildman–Crippen MR) is 130 cm³/mol. The van der Waals surface area contributed by atoms with Gasteiger partial charge in [0.05, 0.1) is 13.2 Å². The van der Waals surface area contributed by atoms with Crippen LogP contribution in [0.4, 0.5) is 0 Å². The number of hydrogen-bond donors (Lipinski definition) is 0. The van der Waals surface area contributed by atoms with Gasteiger partial charge in [0.15, 0.2) is 5.78 Å². The van der Waals surface area contributed by atoms with Crippen LogP contribution in [-0.4, -0.2) is 47.5 Å². The van der Waals surface area contributed by atoms with Crippen LogP contribution in [0.15, 0.2) is 65.4 Å². The molecule has 5 nitrogen and oxygen atoms in total. The number of hydrogen-bond acceptors (Lipinski definition) is 5. The van der Waals surface area contributed by atoms with Crippen LogP contribution in [-0.2, 0) is 9.53 Å². The van der Waals surface area contributed by atoms with Crippen molar-refractivity contribution in [2.45, 2.75) is 18.5 Å². The van der Waals surface area contributed by atoms with Gasteiger partial charge in [0.25, 0.3) is 0 Å². The van der Waals surface area contributed by atoms with Crippen molar-refractivity contribution in [2.75, 3.05) is 26.4 Å². The molecule has 0 radical (unpaired) electrons. The molecule has 0 fully saturated rings. The van der Waals surface area contributed by atoms with Crippen LogP contribution in [0.3, 0.4) is 0 Å². The summed E-state index contributed by atoms with van der Waals surface area (Å²) in [5.41, 5.74) is 0.406. The van der Waals surface area contributed by atoms with E-state index >= 15 is 0 Å². The Morgan fingerprint density at radius 1 is 1.16 bits per heavy atom. The highest BCUT2D eigenvalue weighted by molar-refractivity contribution is 9.10. The number of ketones is 1. The molecule has 32 heavy (non-hydrogen) atoms. The van der Waals surface area contributed by atoms with Gasteiger partial charge >= 0.3 is 0 Å². The third-order valence-electron chi connectivity index (χ3n) is 4.68. The highest BCUT2D eigenvalue weighted by Gasteiger charge is 2.29. The molecule has 168 valence electrons. The van der Waals surface area contributed by atoms with Gasteiger partial charge in [0.2, 0.25) is 0 Å². The van der Waals surface area contributed by atoms with Gasteiger partial charge in [-0.25, -0.2) is 0 Å². The maximum absolute atomic E-state index is 12.4. The summed E-state index contributed by atoms with van der Waals surface area (Å²) in [6.45, 7) is 2.71. The molecule has 0 aliphatic carbocycles. The maximum atomic E-state index is 12.4. The topological polar surface area (TPSA) is 42.0 Å². The summed E-state index contributed by atoms with van der Waals surface area (Å²) in [5, 5.41) is 0.642. The van der Waals surface area contributed by atoms with Gasteiger partial charge in [-0.1, -0.05) is 57.2 Å². The van der Waals surface area contributed by atoms with Crippen molar-refractivity contribution in [1.29, 1.82) is 0 Å². The Balaban J connectivity index is 1.54. The largest absolute Gasteiger partial charge is 0.486 e. The minimum absolute atomic E-state index is 0.00245. The van der Waals surface area contributed by atoms with Gasteiger partial charge in [0.1, 0.15) is 30.6 Å². The van der Waals surface area contributed by atoms with E-state index in [0.717, 1.165) is 10.0 Å². The molecule has 0 N–H and O–H groups in total. The molecule has 0 amide bonds. The lowest BCUT2D eigenvalue weighted by molar-refractivity contribution is -0.121. The molecule has 2 aromatic rings. The van der Waals surface area contributed by atoms with Crippen LogP contribution in [0.5, 0.6) is 5.75 Å². The minimum atomic E-state index is -0.495. The molecule has 0 bridgehead atoms. The fraction of sp³-hybridized carbons (Fsp3) is 0.292. The van der Waals surface area contributed by atoms with Gasteiger partial charge in [0, 0.05) is 21.9 Å². The monoisotopic (exact) mass is 536 g/mol. The summed E-state index contributed by atoms with van der Waals surface area (Å²) in [7, 11) is 0. The smallest absolute Gasteiger partial charge is 0.189 e. The van der Waals surface area contributed by atoms with Crippen LogP contribution >= 0.6 is 39.1 Å². The molecule has 0 saturated heterocycles. The van der Waals surface area contributed by atoms with Crippen LogP contribution in [0.1, 0.15) is 18.6 Å². The lowest BCUT2D eigenvalue weighted by atomic mass is 10.1. The molecular formula is C24H23BrCl2N2O3. The zero-order valence-electron chi connectivity index (χ0n) is 17.5. The fourth-order valence-corrected chi connectivity index (χ4v) is 3.81. The first-order valence-electron chi connectivity index (χ1n) is 9.95. The second kappa shape index (κ2) is 12.2. The molecule has 2 aromatic carbocycles. The number of carbonyl (C=O) groups excluding carboxylic acids is 1. The summed E-state index contributed by atoms with van der Waals surface area (Å²) in [4.78, 5) is 16.2. The first-order chi connectivity index (χ1) is 15.5. The molecule has 2 unspecified atom stereocenters. The standard InChI is InChI=1S/C24H23BrCl2N2O3/c1-2-3-14-31-23(18-4-8-20(26)9-5-18)24(27)29-13-12-28(17-29)15-21(30)16-32-22-10-6-19(25)7-11-22/h4-13,23-24H,14-17H2,1H3. The molecular weight excluding hydrogens is 515 g/mol. The van der Waals surface area contributed by atoms with E-state index in [1.165, 1.54) is 0 Å². The third kappa shape index (κ3) is 7.18. The van der Waals surface area contributed by atoms with E-state index in [0.29, 0.717) is 17.4 Å². The number of halogens is 3. The summed E-state index contributed by atoms with van der Waals surface area (Å²) in [6.07, 6.45) is 3.28. The lowest BCUT2D eigenvalue weighted by Gasteiger charge is -2.31. The number of benzene rings is 2. The Kier molecular flexibility index (Phi) is 9.31. The van der Waals surface area contributed by atoms with Crippen LogP contribution in [0.2, 0.25) is 5.02 Å². The average molecular weight is 538 g/mol. The third-order valence-corrected chi connectivity index (χ3v) is 5.94.